The number of imidazole rings is 1. The number of nitrogens with one attached hydrogen (secondary N) is 1. The standard InChI is InChI=1S/C16H18F2N4O3S/c1-21(10-14-19-7-8-22(14)16(17)18)15(23)11-3-2-4-13(9-11)26(24,25)20-12-5-6-12/h2-4,7-9,12,16,20H,5-6,10H2,1H3. The van der Waals surface area contributed by atoms with Gasteiger partial charge in [0.25, 0.3) is 5.91 Å². The van der Waals surface area contributed by atoms with Gasteiger partial charge in [-0.05, 0) is 31.0 Å². The molecule has 1 saturated carbocycles. The normalized spacial score (nSPS) is 14.6. The van der Waals surface area contributed by atoms with Crippen molar-refractivity contribution in [3.8, 4) is 0 Å². The van der Waals surface area contributed by atoms with Crippen LogP contribution in [0.3, 0.4) is 0 Å². The second-order valence-corrected chi connectivity index (χ2v) is 7.83. The summed E-state index contributed by atoms with van der Waals surface area (Å²) in [6, 6.07) is 5.60. The van der Waals surface area contributed by atoms with Crippen LogP contribution >= 0.6 is 0 Å². The Balaban J connectivity index is 1.76. The summed E-state index contributed by atoms with van der Waals surface area (Å²) in [7, 11) is -2.24. The van der Waals surface area contributed by atoms with Gasteiger partial charge in [0.1, 0.15) is 5.82 Å². The molecule has 0 atom stereocenters. The van der Waals surface area contributed by atoms with E-state index in [1.807, 2.05) is 0 Å². The molecule has 0 bridgehead atoms. The van der Waals surface area contributed by atoms with E-state index in [9.17, 15) is 22.0 Å². The van der Waals surface area contributed by atoms with E-state index in [-0.39, 0.29) is 28.9 Å². The van der Waals surface area contributed by atoms with Crippen molar-refractivity contribution in [2.24, 2.45) is 0 Å². The fourth-order valence-electron chi connectivity index (χ4n) is 2.43. The first-order chi connectivity index (χ1) is 12.3. The molecule has 1 fully saturated rings. The van der Waals surface area contributed by atoms with Crippen molar-refractivity contribution in [3.63, 3.8) is 0 Å². The van der Waals surface area contributed by atoms with Crippen molar-refractivity contribution in [2.75, 3.05) is 7.05 Å². The van der Waals surface area contributed by atoms with Gasteiger partial charge >= 0.3 is 6.55 Å². The average Bonchev–Trinajstić information content (AvgIpc) is 3.27. The molecular formula is C16H18F2N4O3S. The third-order valence-corrected chi connectivity index (χ3v) is 5.49. The van der Waals surface area contributed by atoms with Crippen LogP contribution in [0.5, 0.6) is 0 Å². The second-order valence-electron chi connectivity index (χ2n) is 6.11. The summed E-state index contributed by atoms with van der Waals surface area (Å²) < 4.78 is 53.5. The first-order valence-electron chi connectivity index (χ1n) is 7.95. The molecule has 1 heterocycles. The highest BCUT2D eigenvalue weighted by Crippen LogP contribution is 2.23. The van der Waals surface area contributed by atoms with Crippen LogP contribution in [0.25, 0.3) is 0 Å². The molecule has 0 radical (unpaired) electrons. The van der Waals surface area contributed by atoms with Crippen molar-refractivity contribution >= 4 is 15.9 Å². The lowest BCUT2D eigenvalue weighted by molar-refractivity contribution is 0.0612. The molecule has 0 saturated heterocycles. The van der Waals surface area contributed by atoms with E-state index in [1.54, 1.807) is 0 Å². The number of aromatic nitrogens is 2. The Morgan fingerprint density at radius 3 is 2.81 bits per heavy atom. The second kappa shape index (κ2) is 7.12. The van der Waals surface area contributed by atoms with E-state index in [4.69, 9.17) is 0 Å². The SMILES string of the molecule is CN(Cc1nccn1C(F)F)C(=O)c1cccc(S(=O)(=O)NC2CC2)c1. The number of hydrogen-bond acceptors (Lipinski definition) is 4. The quantitative estimate of drug-likeness (QED) is 0.791. The summed E-state index contributed by atoms with van der Waals surface area (Å²) >= 11 is 0. The molecule has 1 aliphatic carbocycles. The van der Waals surface area contributed by atoms with Gasteiger partial charge in [-0.25, -0.2) is 18.1 Å². The topological polar surface area (TPSA) is 84.3 Å². The lowest BCUT2D eigenvalue weighted by Gasteiger charge is -2.18. The van der Waals surface area contributed by atoms with Gasteiger partial charge in [-0.1, -0.05) is 6.07 Å². The number of hydrogen-bond donors (Lipinski definition) is 1. The minimum Gasteiger partial charge on any atom is -0.334 e. The van der Waals surface area contributed by atoms with Crippen LogP contribution in [0.15, 0.2) is 41.6 Å². The molecule has 0 aliphatic heterocycles. The van der Waals surface area contributed by atoms with Crippen LogP contribution in [-0.4, -0.2) is 41.9 Å². The van der Waals surface area contributed by atoms with E-state index in [1.165, 1.54) is 42.4 Å². The lowest BCUT2D eigenvalue weighted by Crippen LogP contribution is -2.29. The Bertz CT molecular complexity index is 910. The minimum absolute atomic E-state index is 0.00210. The van der Waals surface area contributed by atoms with E-state index in [0.717, 1.165) is 19.0 Å². The molecule has 10 heteroatoms. The van der Waals surface area contributed by atoms with Crippen molar-refractivity contribution in [1.29, 1.82) is 0 Å². The first-order valence-corrected chi connectivity index (χ1v) is 9.44. The number of sulfonamides is 1. The molecule has 7 nitrogen and oxygen atoms in total. The fourth-order valence-corrected chi connectivity index (χ4v) is 3.78. The largest absolute Gasteiger partial charge is 0.334 e. The number of alkyl halides is 2. The molecule has 140 valence electrons. The number of carbonyl (C=O) groups excluding carboxylic acids is 1. The Kier molecular flexibility index (Phi) is 5.05. The van der Waals surface area contributed by atoms with Crippen LogP contribution in [0.1, 0.15) is 35.6 Å². The maximum atomic E-state index is 12.9. The van der Waals surface area contributed by atoms with Gasteiger partial charge in [0, 0.05) is 31.0 Å². The van der Waals surface area contributed by atoms with Crippen molar-refractivity contribution in [3.05, 3.63) is 48.0 Å². The Labute approximate surface area is 149 Å². The third kappa shape index (κ3) is 4.07. The number of amides is 1. The molecule has 1 amide bonds. The number of nitrogens with zero attached hydrogens (tertiary/aromatic N) is 3. The molecular weight excluding hydrogens is 366 g/mol. The van der Waals surface area contributed by atoms with E-state index >= 15 is 0 Å². The van der Waals surface area contributed by atoms with Crippen LogP contribution in [0.2, 0.25) is 0 Å². The predicted octanol–water partition coefficient (Wildman–Crippen LogP) is 1.99. The molecule has 1 aromatic heterocycles. The van der Waals surface area contributed by atoms with E-state index < -0.39 is 22.5 Å². The summed E-state index contributed by atoms with van der Waals surface area (Å²) in [5.74, 6) is -0.452. The van der Waals surface area contributed by atoms with Crippen molar-refractivity contribution in [1.82, 2.24) is 19.2 Å². The summed E-state index contributed by atoms with van der Waals surface area (Å²) in [6.07, 6.45) is 3.97. The number of benzene rings is 1. The van der Waals surface area contributed by atoms with Crippen LogP contribution in [-0.2, 0) is 16.6 Å². The Morgan fingerprint density at radius 1 is 1.42 bits per heavy atom. The van der Waals surface area contributed by atoms with Crippen LogP contribution < -0.4 is 4.72 Å². The molecule has 1 aliphatic rings. The van der Waals surface area contributed by atoms with E-state index in [2.05, 4.69) is 9.71 Å². The maximum absolute atomic E-state index is 12.9. The van der Waals surface area contributed by atoms with Gasteiger partial charge in [0.2, 0.25) is 10.0 Å². The smallest absolute Gasteiger partial charge is 0.319 e. The molecule has 26 heavy (non-hydrogen) atoms. The maximum Gasteiger partial charge on any atom is 0.319 e. The number of carbonyl (C=O) groups is 1. The third-order valence-electron chi connectivity index (χ3n) is 3.97. The van der Waals surface area contributed by atoms with Crippen LogP contribution in [0.4, 0.5) is 8.78 Å². The zero-order chi connectivity index (χ0) is 18.9. The number of rotatable bonds is 7. The Hall–Kier alpha value is -2.33. The number of halogens is 2. The van der Waals surface area contributed by atoms with E-state index in [0.29, 0.717) is 4.57 Å². The highest BCUT2D eigenvalue weighted by molar-refractivity contribution is 7.89. The zero-order valence-electron chi connectivity index (χ0n) is 14.0. The fraction of sp³-hybridized carbons (Fsp3) is 0.375. The highest BCUT2D eigenvalue weighted by Gasteiger charge is 2.28. The van der Waals surface area contributed by atoms with Gasteiger partial charge in [-0.2, -0.15) is 8.78 Å². The lowest BCUT2D eigenvalue weighted by atomic mass is 10.2. The first kappa shape index (κ1) is 18.5. The highest BCUT2D eigenvalue weighted by atomic mass is 32.2. The van der Waals surface area contributed by atoms with Crippen molar-refractivity contribution in [2.45, 2.75) is 36.9 Å². The summed E-state index contributed by atoms with van der Waals surface area (Å²) in [5.41, 5.74) is 0.154. The molecule has 2 aromatic rings. The molecule has 1 aromatic carbocycles. The molecule has 0 spiro atoms. The predicted molar refractivity (Wildman–Crippen MR) is 89.1 cm³/mol. The summed E-state index contributed by atoms with van der Waals surface area (Å²) in [6.45, 7) is -2.88. The summed E-state index contributed by atoms with van der Waals surface area (Å²) in [4.78, 5) is 17.6. The van der Waals surface area contributed by atoms with Crippen molar-refractivity contribution < 1.29 is 22.0 Å². The van der Waals surface area contributed by atoms with Gasteiger partial charge in [-0.3, -0.25) is 9.36 Å². The molecule has 0 unspecified atom stereocenters. The van der Waals surface area contributed by atoms with Gasteiger partial charge in [-0.15, -0.1) is 0 Å². The van der Waals surface area contributed by atoms with Gasteiger partial charge < -0.3 is 4.90 Å². The minimum atomic E-state index is -3.68. The molecule has 1 N–H and O–H groups in total. The van der Waals surface area contributed by atoms with Crippen LogP contribution in [0, 0.1) is 0 Å². The summed E-state index contributed by atoms with van der Waals surface area (Å²) in [5, 5.41) is 0. The van der Waals surface area contributed by atoms with Gasteiger partial charge in [0.15, 0.2) is 0 Å². The monoisotopic (exact) mass is 384 g/mol. The Morgan fingerprint density at radius 2 is 2.15 bits per heavy atom. The molecule has 3 rings (SSSR count). The van der Waals surface area contributed by atoms with Gasteiger partial charge in [0.05, 0.1) is 11.4 Å². The average molecular weight is 384 g/mol. The zero-order valence-corrected chi connectivity index (χ0v) is 14.8.